The Morgan fingerprint density at radius 2 is 2.14 bits per heavy atom. The summed E-state index contributed by atoms with van der Waals surface area (Å²) in [4.78, 5) is 41.0. The number of methoxy groups -OCH3 is 1. The van der Waals surface area contributed by atoms with Crippen molar-refractivity contribution in [1.29, 1.82) is 0 Å². The fourth-order valence-corrected chi connectivity index (χ4v) is 2.88. The number of aromatic nitrogens is 1. The highest BCUT2D eigenvalue weighted by molar-refractivity contribution is 6.25. The minimum Gasteiger partial charge on any atom is -0.480 e. The van der Waals surface area contributed by atoms with Crippen molar-refractivity contribution in [3.8, 4) is 0 Å². The van der Waals surface area contributed by atoms with Gasteiger partial charge in [0.2, 0.25) is 11.7 Å². The molecule has 0 aliphatic heterocycles. The summed E-state index contributed by atoms with van der Waals surface area (Å²) in [5, 5.41) is 12.7. The van der Waals surface area contributed by atoms with E-state index >= 15 is 0 Å². The molecule has 2 atom stereocenters. The number of rotatable bonds is 10. The number of aromatic amines is 1. The van der Waals surface area contributed by atoms with E-state index in [1.165, 1.54) is 7.11 Å². The Bertz CT molecular complexity index is 930. The Hall–Kier alpha value is -3.29. The van der Waals surface area contributed by atoms with E-state index < -0.39 is 29.8 Å². The van der Waals surface area contributed by atoms with Crippen molar-refractivity contribution < 1.29 is 29.0 Å². The van der Waals surface area contributed by atoms with E-state index in [4.69, 9.17) is 10.3 Å². The van der Waals surface area contributed by atoms with Crippen LogP contribution in [0.3, 0.4) is 0 Å². The van der Waals surface area contributed by atoms with Gasteiger partial charge in [-0.1, -0.05) is 11.6 Å². The number of carbonyl (C=O) groups is 3. The van der Waals surface area contributed by atoms with Crippen LogP contribution in [0, 0.1) is 6.92 Å². The summed E-state index contributed by atoms with van der Waals surface area (Å²) < 4.78 is 5.27. The lowest BCUT2D eigenvalue weighted by Crippen LogP contribution is -2.46. The molecule has 1 aromatic heterocycles. The van der Waals surface area contributed by atoms with E-state index in [2.05, 4.69) is 15.1 Å². The van der Waals surface area contributed by atoms with Crippen LogP contribution in [0.15, 0.2) is 24.4 Å². The van der Waals surface area contributed by atoms with Crippen molar-refractivity contribution in [2.45, 2.75) is 38.3 Å². The largest absolute Gasteiger partial charge is 0.480 e. The van der Waals surface area contributed by atoms with Crippen molar-refractivity contribution >= 4 is 34.8 Å². The number of carbonyl (C=O) groups excluding carboxylic acids is 2. The number of benzene rings is 1. The molecular weight excluding hydrogens is 364 g/mol. The zero-order valence-electron chi connectivity index (χ0n) is 15.6. The van der Waals surface area contributed by atoms with E-state index in [0.717, 1.165) is 22.0 Å². The molecule has 2 unspecified atom stereocenters. The number of aliphatic carboxylic acids is 1. The minimum atomic E-state index is -1.26. The number of nitrogens with one attached hydrogen (secondary N) is 2. The maximum atomic E-state index is 12.5. The van der Waals surface area contributed by atoms with Gasteiger partial charge in [0.25, 0.3) is 0 Å². The van der Waals surface area contributed by atoms with E-state index in [0.29, 0.717) is 6.21 Å². The van der Waals surface area contributed by atoms with E-state index in [-0.39, 0.29) is 19.3 Å². The van der Waals surface area contributed by atoms with E-state index in [9.17, 15) is 19.5 Å². The van der Waals surface area contributed by atoms with Gasteiger partial charge in [0.15, 0.2) is 0 Å². The molecule has 3 N–H and O–H groups in total. The topological polar surface area (TPSA) is 145 Å². The van der Waals surface area contributed by atoms with Gasteiger partial charge in [-0.05, 0) is 31.0 Å². The predicted molar refractivity (Wildman–Crippen MR) is 101 cm³/mol. The first-order valence-electron chi connectivity index (χ1n) is 8.68. The molecule has 148 valence electrons. The van der Waals surface area contributed by atoms with Crippen molar-refractivity contribution in [2.24, 2.45) is 0 Å². The number of aryl methyl sites for hydroxylation is 1. The van der Waals surface area contributed by atoms with E-state index in [1.54, 1.807) is 6.20 Å². The summed E-state index contributed by atoms with van der Waals surface area (Å²) in [6.45, 7) is 1.97. The fourth-order valence-electron chi connectivity index (χ4n) is 2.88. The zero-order valence-corrected chi connectivity index (χ0v) is 15.6. The van der Waals surface area contributed by atoms with Gasteiger partial charge < -0.3 is 25.7 Å². The molecule has 2 rings (SSSR count). The van der Waals surface area contributed by atoms with Gasteiger partial charge in [-0.3, -0.25) is 9.59 Å². The number of nitrogens with zero attached hydrogens (tertiary/aromatic N) is 2. The monoisotopic (exact) mass is 386 g/mol. The molecule has 0 aliphatic carbocycles. The first kappa shape index (κ1) is 21.0. The molecular formula is C19H22N4O5. The first-order chi connectivity index (χ1) is 13.3. The number of carboxylic acids is 1. The van der Waals surface area contributed by atoms with Gasteiger partial charge in [0.1, 0.15) is 12.1 Å². The average Bonchev–Trinajstić information content (AvgIpc) is 3.04. The molecule has 1 amide bonds. The molecule has 0 saturated carbocycles. The fraction of sp³-hybridized carbons (Fsp3) is 0.368. The second kappa shape index (κ2) is 9.59. The molecule has 9 heteroatoms. The number of H-pyrrole nitrogens is 1. The molecule has 1 aromatic carbocycles. The Balaban J connectivity index is 2.08. The highest BCUT2D eigenvalue weighted by atomic mass is 16.5. The molecule has 1 heterocycles. The Morgan fingerprint density at radius 3 is 2.79 bits per heavy atom. The number of amides is 1. The lowest BCUT2D eigenvalue weighted by Gasteiger charge is -2.19. The van der Waals surface area contributed by atoms with Crippen molar-refractivity contribution in [3.05, 3.63) is 41.1 Å². The van der Waals surface area contributed by atoms with Crippen LogP contribution in [-0.4, -0.2) is 58.0 Å². The second-order valence-corrected chi connectivity index (χ2v) is 6.44. The van der Waals surface area contributed by atoms with Crippen LogP contribution >= 0.6 is 0 Å². The number of Topliss-reactive ketones (excluding diaryl/α,β-unsaturated/α-hetero) is 1. The molecule has 0 bridgehead atoms. The van der Waals surface area contributed by atoms with Crippen LogP contribution in [0.2, 0.25) is 0 Å². The third kappa shape index (κ3) is 5.35. The van der Waals surface area contributed by atoms with Crippen LogP contribution in [0.25, 0.3) is 16.4 Å². The van der Waals surface area contributed by atoms with Crippen LogP contribution in [0.1, 0.15) is 24.0 Å². The van der Waals surface area contributed by atoms with Crippen molar-refractivity contribution in [2.75, 3.05) is 7.11 Å². The van der Waals surface area contributed by atoms with Crippen molar-refractivity contribution in [1.82, 2.24) is 10.3 Å². The third-order valence-electron chi connectivity index (χ3n) is 4.40. The highest BCUT2D eigenvalue weighted by Gasteiger charge is 2.26. The maximum absolute atomic E-state index is 12.5. The highest BCUT2D eigenvalue weighted by Crippen LogP contribution is 2.21. The molecule has 9 nitrogen and oxygen atoms in total. The summed E-state index contributed by atoms with van der Waals surface area (Å²) >= 11 is 0. The number of ether oxygens (including phenoxy) is 1. The van der Waals surface area contributed by atoms with Crippen molar-refractivity contribution in [3.63, 3.8) is 0 Å². The Kier molecular flexibility index (Phi) is 7.20. The Labute approximate surface area is 161 Å². The number of fused-ring (bicyclic) bond motifs is 1. The van der Waals surface area contributed by atoms with Gasteiger partial charge in [-0.15, -0.1) is 0 Å². The summed E-state index contributed by atoms with van der Waals surface area (Å²) in [5.74, 6) is -2.39. The molecule has 2 aromatic rings. The van der Waals surface area contributed by atoms with E-state index in [1.807, 2.05) is 25.1 Å². The SMILES string of the molecule is COC(Cc1c[nH]c2ccc(C)cc12)C(=O)NC(CCC(=O)C=[N+]=[N-])C(=O)O. The maximum Gasteiger partial charge on any atom is 0.326 e. The number of hydrogen-bond donors (Lipinski definition) is 3. The number of hydrogen-bond acceptors (Lipinski definition) is 4. The summed E-state index contributed by atoms with van der Waals surface area (Å²) in [7, 11) is 1.38. The lowest BCUT2D eigenvalue weighted by atomic mass is 10.0. The molecule has 0 aliphatic rings. The minimum absolute atomic E-state index is 0.130. The molecule has 0 spiro atoms. The standard InChI is InChI=1S/C19H22N4O5/c1-11-3-5-15-14(7-11)12(9-21-15)8-17(28-2)18(25)23-16(19(26)27)6-4-13(24)10-22-20/h3,5,7,9-10,16-17,21H,4,6,8H2,1-2H3,(H,23,25)(H,26,27). The van der Waals surface area contributed by atoms with Gasteiger partial charge in [0, 0.05) is 37.1 Å². The van der Waals surface area contributed by atoms with Crippen LogP contribution < -0.4 is 5.32 Å². The normalized spacial score (nSPS) is 12.8. The Morgan fingerprint density at radius 1 is 1.39 bits per heavy atom. The van der Waals surface area contributed by atoms with Gasteiger partial charge in [0.05, 0.1) is 0 Å². The van der Waals surface area contributed by atoms with Crippen LogP contribution in [-0.2, 0) is 25.5 Å². The zero-order chi connectivity index (χ0) is 20.7. The molecule has 0 fully saturated rings. The second-order valence-electron chi connectivity index (χ2n) is 6.44. The van der Waals surface area contributed by atoms with Gasteiger partial charge in [-0.25, -0.2) is 4.79 Å². The van der Waals surface area contributed by atoms with Crippen LogP contribution in [0.5, 0.6) is 0 Å². The number of ketones is 1. The average molecular weight is 386 g/mol. The summed E-state index contributed by atoms with van der Waals surface area (Å²) in [5.41, 5.74) is 11.2. The van der Waals surface area contributed by atoms with Gasteiger partial charge in [-0.2, -0.15) is 4.79 Å². The molecule has 0 saturated heterocycles. The quantitative estimate of drug-likeness (QED) is 0.320. The summed E-state index contributed by atoms with van der Waals surface area (Å²) in [6, 6.07) is 4.67. The first-order valence-corrected chi connectivity index (χ1v) is 8.68. The molecule has 0 radical (unpaired) electrons. The predicted octanol–water partition coefficient (Wildman–Crippen LogP) is 1.25. The molecule has 28 heavy (non-hydrogen) atoms. The summed E-state index contributed by atoms with van der Waals surface area (Å²) in [6.07, 6.45) is 1.54. The lowest BCUT2D eigenvalue weighted by molar-refractivity contribution is -0.144. The van der Waals surface area contributed by atoms with Gasteiger partial charge >= 0.3 is 12.2 Å². The smallest absolute Gasteiger partial charge is 0.326 e. The number of carboxylic acid groups (broad SMARTS) is 1. The van der Waals surface area contributed by atoms with Crippen LogP contribution in [0.4, 0.5) is 0 Å². The third-order valence-corrected chi connectivity index (χ3v) is 4.40.